The Labute approximate surface area is 209 Å². The average molecular weight is 519 g/mol. The third kappa shape index (κ3) is 5.04. The van der Waals surface area contributed by atoms with Crippen LogP contribution in [-0.2, 0) is 22.1 Å². The lowest BCUT2D eigenvalue weighted by atomic mass is 10.1. The molecular formula is C25H28ClFN4O3S. The van der Waals surface area contributed by atoms with Crippen LogP contribution >= 0.6 is 11.6 Å². The minimum absolute atomic E-state index is 0.0144. The number of pyridine rings is 1. The number of piperidine rings is 1. The average Bonchev–Trinajstić information content (AvgIpc) is 3.73. The Balaban J connectivity index is 1.21. The third-order valence-corrected chi connectivity index (χ3v) is 9.65. The smallest absolute Gasteiger partial charge is 0.164 e. The van der Waals surface area contributed by atoms with Gasteiger partial charge in [-0.05, 0) is 68.7 Å². The van der Waals surface area contributed by atoms with Gasteiger partial charge < -0.3 is 4.74 Å². The molecule has 1 aromatic carbocycles. The first-order valence-corrected chi connectivity index (χ1v) is 14.4. The highest BCUT2D eigenvalue weighted by atomic mass is 35.5. The maximum absolute atomic E-state index is 13.4. The Morgan fingerprint density at radius 1 is 1.11 bits per heavy atom. The second kappa shape index (κ2) is 9.01. The van der Waals surface area contributed by atoms with Gasteiger partial charge in [-0.3, -0.25) is 9.30 Å². The van der Waals surface area contributed by atoms with Crippen molar-refractivity contribution in [3.05, 3.63) is 58.3 Å². The van der Waals surface area contributed by atoms with Crippen molar-refractivity contribution in [2.24, 2.45) is 0 Å². The fourth-order valence-corrected chi connectivity index (χ4v) is 6.80. The number of rotatable bonds is 8. The zero-order chi connectivity index (χ0) is 24.2. The van der Waals surface area contributed by atoms with Gasteiger partial charge in [0.15, 0.2) is 21.3 Å². The molecule has 2 aliphatic carbocycles. The molecule has 0 bridgehead atoms. The van der Waals surface area contributed by atoms with Crippen LogP contribution in [0.25, 0.3) is 5.65 Å². The number of likely N-dealkylation sites (tertiary alicyclic amines) is 1. The van der Waals surface area contributed by atoms with Gasteiger partial charge in [0.1, 0.15) is 23.4 Å². The van der Waals surface area contributed by atoms with Gasteiger partial charge in [-0.1, -0.05) is 17.7 Å². The number of fused-ring (bicyclic) bond motifs is 1. The van der Waals surface area contributed by atoms with Crippen LogP contribution in [0.4, 0.5) is 4.39 Å². The third-order valence-electron chi connectivity index (χ3n) is 7.15. The summed E-state index contributed by atoms with van der Waals surface area (Å²) in [5.41, 5.74) is 2.61. The molecule has 3 heterocycles. The van der Waals surface area contributed by atoms with Crippen LogP contribution in [0.3, 0.4) is 0 Å². The van der Waals surface area contributed by atoms with Crippen LogP contribution in [0, 0.1) is 5.82 Å². The minimum Gasteiger partial charge on any atom is -0.489 e. The quantitative estimate of drug-likeness (QED) is 0.436. The predicted molar refractivity (Wildman–Crippen MR) is 131 cm³/mol. The van der Waals surface area contributed by atoms with Crippen LogP contribution in [-0.4, -0.2) is 52.4 Å². The number of hydrogen-bond donors (Lipinski definition) is 0. The molecule has 6 rings (SSSR count). The van der Waals surface area contributed by atoms with Crippen molar-refractivity contribution >= 4 is 27.1 Å². The van der Waals surface area contributed by atoms with E-state index in [1.165, 1.54) is 12.1 Å². The van der Waals surface area contributed by atoms with E-state index >= 15 is 0 Å². The molecule has 3 aliphatic rings. The topological polar surface area (TPSA) is 76.8 Å². The molecule has 0 spiro atoms. The lowest BCUT2D eigenvalue weighted by Gasteiger charge is -2.33. The molecular weight excluding hydrogens is 491 g/mol. The molecule has 2 saturated carbocycles. The molecule has 3 fully saturated rings. The number of ether oxygens (including phenoxy) is 1. The zero-order valence-electron chi connectivity index (χ0n) is 19.4. The Kier molecular flexibility index (Phi) is 5.97. The Bertz CT molecular complexity index is 1370. The van der Waals surface area contributed by atoms with E-state index in [1.807, 2.05) is 16.7 Å². The maximum atomic E-state index is 13.4. The number of sulfone groups is 1. The second-order valence-electron chi connectivity index (χ2n) is 10.1. The van der Waals surface area contributed by atoms with Crippen LogP contribution in [0.5, 0.6) is 5.75 Å². The van der Waals surface area contributed by atoms with Gasteiger partial charge in [0.25, 0.3) is 0 Å². The normalized spacial score (nSPS) is 21.5. The molecule has 186 valence electrons. The van der Waals surface area contributed by atoms with E-state index in [0.29, 0.717) is 29.0 Å². The molecule has 0 N–H and O–H groups in total. The summed E-state index contributed by atoms with van der Waals surface area (Å²) < 4.78 is 46.8. The first kappa shape index (κ1) is 23.2. The van der Waals surface area contributed by atoms with Gasteiger partial charge in [0, 0.05) is 35.9 Å². The maximum Gasteiger partial charge on any atom is 0.164 e. The largest absolute Gasteiger partial charge is 0.489 e. The summed E-state index contributed by atoms with van der Waals surface area (Å²) in [4.78, 5) is 2.29. The first-order valence-electron chi connectivity index (χ1n) is 12.3. The number of benzene rings is 1. The summed E-state index contributed by atoms with van der Waals surface area (Å²) in [5, 5.41) is 8.68. The predicted octanol–water partition coefficient (Wildman–Crippen LogP) is 4.52. The summed E-state index contributed by atoms with van der Waals surface area (Å²) >= 11 is 6.24. The lowest BCUT2D eigenvalue weighted by Crippen LogP contribution is -2.40. The molecule has 3 aromatic rings. The van der Waals surface area contributed by atoms with Crippen LogP contribution in [0.2, 0.25) is 5.02 Å². The van der Waals surface area contributed by atoms with Crippen molar-refractivity contribution in [1.82, 2.24) is 19.5 Å². The lowest BCUT2D eigenvalue weighted by molar-refractivity contribution is 0.0836. The van der Waals surface area contributed by atoms with E-state index in [0.717, 1.165) is 68.5 Å². The molecule has 35 heavy (non-hydrogen) atoms. The number of halogens is 2. The van der Waals surface area contributed by atoms with E-state index in [2.05, 4.69) is 15.1 Å². The molecule has 10 heteroatoms. The molecule has 1 atom stereocenters. The number of hydrogen-bond acceptors (Lipinski definition) is 6. The standard InChI is InChI=1S/C25H28ClFN4O3S/c26-22-10-18(27)6-5-17(22)12-30-9-1-2-19(13-30)34-23-11-24-28-29-25(15-35(32,33)20-7-8-20)31(24)14-21(23)16-3-4-16/h5-6,10-11,14,16,19-20H,1-4,7-9,12-13,15H2/t19-/m1/s1. The van der Waals surface area contributed by atoms with E-state index < -0.39 is 9.84 Å². The molecule has 1 aliphatic heterocycles. The van der Waals surface area contributed by atoms with E-state index in [9.17, 15) is 12.8 Å². The molecule has 1 saturated heterocycles. The fourth-order valence-electron chi connectivity index (χ4n) is 4.93. The molecule has 7 nitrogen and oxygen atoms in total. The highest BCUT2D eigenvalue weighted by Crippen LogP contribution is 2.45. The van der Waals surface area contributed by atoms with Crippen molar-refractivity contribution in [2.45, 2.75) is 68.1 Å². The second-order valence-corrected chi connectivity index (χ2v) is 12.8. The van der Waals surface area contributed by atoms with Crippen molar-refractivity contribution in [3.63, 3.8) is 0 Å². The molecule has 0 radical (unpaired) electrons. The van der Waals surface area contributed by atoms with Gasteiger partial charge >= 0.3 is 0 Å². The SMILES string of the molecule is O=S(=O)(Cc1nnc2cc(O[C@@H]3CCCN(Cc4ccc(F)cc4Cl)C3)c(C3CC3)cn12)C1CC1. The van der Waals surface area contributed by atoms with Gasteiger partial charge in [-0.25, -0.2) is 12.8 Å². The zero-order valence-corrected chi connectivity index (χ0v) is 20.9. The van der Waals surface area contributed by atoms with Crippen molar-refractivity contribution < 1.29 is 17.5 Å². The monoisotopic (exact) mass is 518 g/mol. The highest BCUT2D eigenvalue weighted by Gasteiger charge is 2.37. The number of nitrogens with zero attached hydrogens (tertiary/aromatic N) is 4. The first-order chi connectivity index (χ1) is 16.9. The highest BCUT2D eigenvalue weighted by molar-refractivity contribution is 7.91. The number of aromatic nitrogens is 3. The Hall–Kier alpha value is -2.23. The van der Waals surface area contributed by atoms with Crippen LogP contribution < -0.4 is 4.74 Å². The molecule has 0 unspecified atom stereocenters. The fraction of sp³-hybridized carbons (Fsp3) is 0.520. The summed E-state index contributed by atoms with van der Waals surface area (Å²) in [6.45, 7) is 2.34. The van der Waals surface area contributed by atoms with Crippen molar-refractivity contribution in [1.29, 1.82) is 0 Å². The van der Waals surface area contributed by atoms with Gasteiger partial charge in [0.05, 0.1) is 5.25 Å². The summed E-state index contributed by atoms with van der Waals surface area (Å²) in [6.07, 6.45) is 7.63. The Morgan fingerprint density at radius 2 is 1.94 bits per heavy atom. The van der Waals surface area contributed by atoms with Gasteiger partial charge in [0.2, 0.25) is 0 Å². The van der Waals surface area contributed by atoms with Gasteiger partial charge in [-0.15, -0.1) is 10.2 Å². The summed E-state index contributed by atoms with van der Waals surface area (Å²) in [6, 6.07) is 6.45. The summed E-state index contributed by atoms with van der Waals surface area (Å²) in [5.74, 6) is 1.30. The van der Waals surface area contributed by atoms with E-state index in [4.69, 9.17) is 16.3 Å². The van der Waals surface area contributed by atoms with Crippen molar-refractivity contribution in [2.75, 3.05) is 13.1 Å². The minimum atomic E-state index is -3.18. The van der Waals surface area contributed by atoms with E-state index in [-0.39, 0.29) is 22.9 Å². The molecule has 0 amide bonds. The summed E-state index contributed by atoms with van der Waals surface area (Å²) in [7, 11) is -3.18. The van der Waals surface area contributed by atoms with E-state index in [1.54, 1.807) is 6.07 Å². The Morgan fingerprint density at radius 3 is 2.69 bits per heavy atom. The van der Waals surface area contributed by atoms with Crippen LogP contribution in [0.15, 0.2) is 30.5 Å². The molecule has 2 aromatic heterocycles. The van der Waals surface area contributed by atoms with Crippen molar-refractivity contribution in [3.8, 4) is 5.75 Å². The van der Waals surface area contributed by atoms with Crippen LogP contribution in [0.1, 0.15) is 61.4 Å². The van der Waals surface area contributed by atoms with Gasteiger partial charge in [-0.2, -0.15) is 0 Å².